The monoisotopic (exact) mass is 293 g/mol. The van der Waals surface area contributed by atoms with Crippen molar-refractivity contribution in [2.24, 2.45) is 5.92 Å². The second-order valence-corrected chi connectivity index (χ2v) is 6.73. The van der Waals surface area contributed by atoms with Gasteiger partial charge in [-0.2, -0.15) is 0 Å². The molecule has 2 heterocycles. The summed E-state index contributed by atoms with van der Waals surface area (Å²) in [5.41, 5.74) is -0.902. The predicted octanol–water partition coefficient (Wildman–Crippen LogP) is 2.84. The number of carbonyl (C=O) groups excluding carboxylic acids is 1. The molecule has 1 aliphatic rings. The maximum absolute atomic E-state index is 12.0. The van der Waals surface area contributed by atoms with Crippen LogP contribution in [0, 0.1) is 5.92 Å². The van der Waals surface area contributed by atoms with Crippen molar-refractivity contribution in [1.29, 1.82) is 0 Å². The Bertz CT molecular complexity index is 546. The average molecular weight is 293 g/mol. The fourth-order valence-electron chi connectivity index (χ4n) is 2.23. The minimum Gasteiger partial charge on any atom is -0.382 e. The van der Waals surface area contributed by atoms with Gasteiger partial charge in [0.05, 0.1) is 11.4 Å². The van der Waals surface area contributed by atoms with Gasteiger partial charge in [-0.25, -0.2) is 0 Å². The first-order valence-corrected chi connectivity index (χ1v) is 8.04. The SMILES string of the molecule is O=C(NC[C@](O)(c1cccs1)C1CC1)c1cccs1. The van der Waals surface area contributed by atoms with Gasteiger partial charge < -0.3 is 10.4 Å². The lowest BCUT2D eigenvalue weighted by Gasteiger charge is -2.27. The third-order valence-electron chi connectivity index (χ3n) is 3.46. The third kappa shape index (κ3) is 2.59. The van der Waals surface area contributed by atoms with Gasteiger partial charge in [0.2, 0.25) is 0 Å². The first kappa shape index (κ1) is 12.8. The van der Waals surface area contributed by atoms with Crippen molar-refractivity contribution in [2.75, 3.05) is 6.54 Å². The van der Waals surface area contributed by atoms with Crippen LogP contribution < -0.4 is 5.32 Å². The molecule has 0 aliphatic heterocycles. The van der Waals surface area contributed by atoms with E-state index < -0.39 is 5.60 Å². The zero-order chi connectivity index (χ0) is 13.3. The summed E-state index contributed by atoms with van der Waals surface area (Å²) in [5, 5.41) is 17.6. The predicted molar refractivity (Wildman–Crippen MR) is 77.6 cm³/mol. The zero-order valence-electron chi connectivity index (χ0n) is 10.3. The number of hydrogen-bond donors (Lipinski definition) is 2. The highest BCUT2D eigenvalue weighted by molar-refractivity contribution is 7.12. The van der Waals surface area contributed by atoms with Crippen LogP contribution in [-0.4, -0.2) is 17.6 Å². The van der Waals surface area contributed by atoms with Crippen LogP contribution in [0.1, 0.15) is 27.4 Å². The van der Waals surface area contributed by atoms with Gasteiger partial charge in [0.25, 0.3) is 5.91 Å². The summed E-state index contributed by atoms with van der Waals surface area (Å²) in [5.74, 6) is 0.167. The van der Waals surface area contributed by atoms with Gasteiger partial charge in [-0.1, -0.05) is 12.1 Å². The van der Waals surface area contributed by atoms with Crippen LogP contribution >= 0.6 is 22.7 Å². The molecule has 0 unspecified atom stereocenters. The minimum atomic E-state index is -0.902. The lowest BCUT2D eigenvalue weighted by Crippen LogP contribution is -2.41. The van der Waals surface area contributed by atoms with Crippen LogP contribution in [0.15, 0.2) is 35.0 Å². The number of hydrogen-bond acceptors (Lipinski definition) is 4. The van der Waals surface area contributed by atoms with E-state index in [-0.39, 0.29) is 18.4 Å². The van der Waals surface area contributed by atoms with E-state index in [0.29, 0.717) is 4.88 Å². The highest BCUT2D eigenvalue weighted by atomic mass is 32.1. The molecule has 0 radical (unpaired) electrons. The summed E-state index contributed by atoms with van der Waals surface area (Å²) in [4.78, 5) is 13.6. The molecule has 0 bridgehead atoms. The molecule has 5 heteroatoms. The van der Waals surface area contributed by atoms with Crippen molar-refractivity contribution in [3.05, 3.63) is 44.8 Å². The topological polar surface area (TPSA) is 49.3 Å². The molecule has 100 valence electrons. The Morgan fingerprint density at radius 3 is 2.63 bits per heavy atom. The molecule has 2 aromatic heterocycles. The highest BCUT2D eigenvalue weighted by Crippen LogP contribution is 2.46. The molecule has 1 amide bonds. The summed E-state index contributed by atoms with van der Waals surface area (Å²) in [6.07, 6.45) is 2.06. The number of amides is 1. The Kier molecular flexibility index (Phi) is 3.43. The average Bonchev–Trinajstić information content (AvgIpc) is 2.95. The van der Waals surface area contributed by atoms with Crippen molar-refractivity contribution >= 4 is 28.6 Å². The Hall–Kier alpha value is -1.17. The fourth-order valence-corrected chi connectivity index (χ4v) is 3.77. The third-order valence-corrected chi connectivity index (χ3v) is 5.37. The first-order valence-electron chi connectivity index (χ1n) is 6.28. The van der Waals surface area contributed by atoms with E-state index in [2.05, 4.69) is 5.32 Å². The van der Waals surface area contributed by atoms with Crippen molar-refractivity contribution in [3.63, 3.8) is 0 Å². The molecular formula is C14H15NO2S2. The maximum atomic E-state index is 12.0. The first-order chi connectivity index (χ1) is 9.20. The molecular weight excluding hydrogens is 278 g/mol. The largest absolute Gasteiger partial charge is 0.382 e. The summed E-state index contributed by atoms with van der Waals surface area (Å²) in [7, 11) is 0. The molecule has 2 N–H and O–H groups in total. The van der Waals surface area contributed by atoms with E-state index in [0.717, 1.165) is 17.7 Å². The lowest BCUT2D eigenvalue weighted by molar-refractivity contribution is 0.0170. The van der Waals surface area contributed by atoms with Crippen LogP contribution in [0.5, 0.6) is 0 Å². The zero-order valence-corrected chi connectivity index (χ0v) is 12.0. The Balaban J connectivity index is 1.71. The van der Waals surface area contributed by atoms with Gasteiger partial charge in [-0.15, -0.1) is 22.7 Å². The summed E-state index contributed by atoms with van der Waals surface area (Å²) in [6, 6.07) is 7.53. The molecule has 1 fully saturated rings. The molecule has 19 heavy (non-hydrogen) atoms. The molecule has 0 aromatic carbocycles. The van der Waals surface area contributed by atoms with Gasteiger partial charge in [0.1, 0.15) is 5.60 Å². The number of aliphatic hydroxyl groups is 1. The number of carbonyl (C=O) groups is 1. The van der Waals surface area contributed by atoms with Crippen LogP contribution in [0.25, 0.3) is 0 Å². The van der Waals surface area contributed by atoms with Gasteiger partial charge in [0.15, 0.2) is 0 Å². The number of nitrogens with one attached hydrogen (secondary N) is 1. The van der Waals surface area contributed by atoms with Gasteiger partial charge in [-0.05, 0) is 41.7 Å². The van der Waals surface area contributed by atoms with E-state index in [1.165, 1.54) is 11.3 Å². The lowest BCUT2D eigenvalue weighted by atomic mass is 9.95. The standard InChI is InChI=1S/C14H15NO2S2/c16-13(11-3-1-7-18-11)15-9-14(17,10-5-6-10)12-4-2-8-19-12/h1-4,7-8,10,17H,5-6,9H2,(H,15,16)/t14-/m1/s1. The van der Waals surface area contributed by atoms with Gasteiger partial charge in [-0.3, -0.25) is 4.79 Å². The van der Waals surface area contributed by atoms with E-state index in [1.807, 2.05) is 29.0 Å². The van der Waals surface area contributed by atoms with E-state index in [9.17, 15) is 9.90 Å². The molecule has 1 atom stereocenters. The molecule has 0 saturated heterocycles. The van der Waals surface area contributed by atoms with Crippen molar-refractivity contribution in [2.45, 2.75) is 18.4 Å². The normalized spacial score (nSPS) is 17.9. The van der Waals surface area contributed by atoms with Crippen LogP contribution in [0.2, 0.25) is 0 Å². The van der Waals surface area contributed by atoms with E-state index in [4.69, 9.17) is 0 Å². The second-order valence-electron chi connectivity index (χ2n) is 4.84. The van der Waals surface area contributed by atoms with Crippen molar-refractivity contribution < 1.29 is 9.90 Å². The second kappa shape index (κ2) is 5.07. The fraction of sp³-hybridized carbons (Fsp3) is 0.357. The molecule has 1 saturated carbocycles. The summed E-state index contributed by atoms with van der Waals surface area (Å²) < 4.78 is 0. The molecule has 0 spiro atoms. The molecule has 2 aromatic rings. The van der Waals surface area contributed by atoms with Crippen LogP contribution in [0.3, 0.4) is 0 Å². The highest BCUT2D eigenvalue weighted by Gasteiger charge is 2.45. The number of thiophene rings is 2. The van der Waals surface area contributed by atoms with E-state index >= 15 is 0 Å². The quantitative estimate of drug-likeness (QED) is 0.890. The summed E-state index contributed by atoms with van der Waals surface area (Å²) in [6.45, 7) is 0.287. The van der Waals surface area contributed by atoms with Crippen molar-refractivity contribution in [3.8, 4) is 0 Å². The molecule has 3 nitrogen and oxygen atoms in total. The van der Waals surface area contributed by atoms with Crippen LogP contribution in [0.4, 0.5) is 0 Å². The van der Waals surface area contributed by atoms with Gasteiger partial charge in [0, 0.05) is 4.88 Å². The number of rotatable bonds is 5. The Morgan fingerprint density at radius 1 is 1.32 bits per heavy atom. The van der Waals surface area contributed by atoms with Gasteiger partial charge >= 0.3 is 0 Å². The molecule has 3 rings (SSSR count). The smallest absolute Gasteiger partial charge is 0.261 e. The molecule has 1 aliphatic carbocycles. The Morgan fingerprint density at radius 2 is 2.05 bits per heavy atom. The van der Waals surface area contributed by atoms with E-state index in [1.54, 1.807) is 17.4 Å². The summed E-state index contributed by atoms with van der Waals surface area (Å²) >= 11 is 2.96. The van der Waals surface area contributed by atoms with Crippen LogP contribution in [-0.2, 0) is 5.60 Å². The maximum Gasteiger partial charge on any atom is 0.261 e. The van der Waals surface area contributed by atoms with Crippen molar-refractivity contribution in [1.82, 2.24) is 5.32 Å². The minimum absolute atomic E-state index is 0.106. The Labute approximate surface area is 119 Å².